The number of amides is 1. The summed E-state index contributed by atoms with van der Waals surface area (Å²) in [6.45, 7) is 2.22. The maximum absolute atomic E-state index is 12.6. The summed E-state index contributed by atoms with van der Waals surface area (Å²) >= 11 is 5.99. The Labute approximate surface area is 144 Å². The van der Waals surface area contributed by atoms with Gasteiger partial charge in [0.05, 0.1) is 11.4 Å². The molecule has 1 aromatic carbocycles. The third-order valence-electron chi connectivity index (χ3n) is 3.51. The second-order valence-electron chi connectivity index (χ2n) is 5.43. The largest absolute Gasteiger partial charge is 0.336 e. The van der Waals surface area contributed by atoms with Gasteiger partial charge < -0.3 is 4.90 Å². The van der Waals surface area contributed by atoms with E-state index in [0.717, 1.165) is 5.56 Å². The van der Waals surface area contributed by atoms with E-state index in [9.17, 15) is 4.79 Å². The normalized spacial score (nSPS) is 10.6. The van der Waals surface area contributed by atoms with Gasteiger partial charge in [-0.15, -0.1) is 5.10 Å². The summed E-state index contributed by atoms with van der Waals surface area (Å²) in [5, 5.41) is 9.23. The van der Waals surface area contributed by atoms with Gasteiger partial charge in [0.15, 0.2) is 5.69 Å². The Balaban J connectivity index is 1.83. The van der Waals surface area contributed by atoms with Crippen molar-refractivity contribution in [3.05, 3.63) is 70.8 Å². The highest BCUT2D eigenvalue weighted by Crippen LogP contribution is 2.15. The number of aryl methyl sites for hydroxylation is 1. The maximum atomic E-state index is 12.6. The summed E-state index contributed by atoms with van der Waals surface area (Å²) in [7, 11) is 1.73. The number of hydrogen-bond donors (Lipinski definition) is 0. The van der Waals surface area contributed by atoms with Crippen molar-refractivity contribution in [2.24, 2.45) is 0 Å². The lowest BCUT2D eigenvalue weighted by Crippen LogP contribution is -2.27. The molecule has 0 radical (unpaired) electrons. The number of rotatable bonds is 4. The molecule has 7 heteroatoms. The number of hydrogen-bond acceptors (Lipinski definition) is 4. The summed E-state index contributed by atoms with van der Waals surface area (Å²) in [6, 6.07) is 10.9. The minimum Gasteiger partial charge on any atom is -0.336 e. The van der Waals surface area contributed by atoms with Crippen LogP contribution in [-0.4, -0.2) is 37.8 Å². The molecular formula is C17H16ClN5O. The lowest BCUT2D eigenvalue weighted by Gasteiger charge is -2.15. The molecule has 0 saturated heterocycles. The van der Waals surface area contributed by atoms with Crippen LogP contribution in [-0.2, 0) is 6.54 Å². The predicted molar refractivity (Wildman–Crippen MR) is 91.1 cm³/mol. The smallest absolute Gasteiger partial charge is 0.276 e. The molecule has 6 nitrogen and oxygen atoms in total. The zero-order valence-corrected chi connectivity index (χ0v) is 14.1. The van der Waals surface area contributed by atoms with E-state index in [1.807, 2.05) is 24.3 Å². The van der Waals surface area contributed by atoms with Crippen molar-refractivity contribution in [2.45, 2.75) is 13.5 Å². The topological polar surface area (TPSA) is 63.9 Å². The number of carbonyl (C=O) groups excluding carboxylic acids is 1. The molecule has 0 N–H and O–H groups in total. The first-order valence-corrected chi connectivity index (χ1v) is 7.76. The Morgan fingerprint density at radius 3 is 2.79 bits per heavy atom. The van der Waals surface area contributed by atoms with Gasteiger partial charge in [-0.25, -0.2) is 0 Å². The second-order valence-corrected chi connectivity index (χ2v) is 5.86. The highest BCUT2D eigenvalue weighted by molar-refractivity contribution is 6.30. The third kappa shape index (κ3) is 3.44. The predicted octanol–water partition coefficient (Wildman–Crippen LogP) is 2.90. The fourth-order valence-electron chi connectivity index (χ4n) is 2.31. The Bertz CT molecular complexity index is 862. The monoisotopic (exact) mass is 341 g/mol. The van der Waals surface area contributed by atoms with Crippen LogP contribution in [0.4, 0.5) is 0 Å². The Morgan fingerprint density at radius 1 is 1.25 bits per heavy atom. The molecule has 3 rings (SSSR count). The van der Waals surface area contributed by atoms with E-state index in [-0.39, 0.29) is 5.91 Å². The van der Waals surface area contributed by atoms with Crippen molar-refractivity contribution in [1.29, 1.82) is 0 Å². The number of halogens is 1. The van der Waals surface area contributed by atoms with Crippen molar-refractivity contribution in [1.82, 2.24) is 24.9 Å². The number of benzene rings is 1. The molecule has 0 atom stereocenters. The van der Waals surface area contributed by atoms with Crippen LogP contribution in [0.2, 0.25) is 5.02 Å². The molecule has 0 spiro atoms. The summed E-state index contributed by atoms with van der Waals surface area (Å²) in [5.41, 5.74) is 2.55. The SMILES string of the molecule is Cc1nn(-c2cccc(Cl)c2)nc1C(=O)N(C)Cc1cccnc1. The van der Waals surface area contributed by atoms with Crippen molar-refractivity contribution >= 4 is 17.5 Å². The van der Waals surface area contributed by atoms with E-state index >= 15 is 0 Å². The van der Waals surface area contributed by atoms with Crippen LogP contribution in [0, 0.1) is 6.92 Å². The van der Waals surface area contributed by atoms with Crippen molar-refractivity contribution in [2.75, 3.05) is 7.05 Å². The van der Waals surface area contributed by atoms with Crippen molar-refractivity contribution in [3.63, 3.8) is 0 Å². The van der Waals surface area contributed by atoms with Crippen molar-refractivity contribution in [3.8, 4) is 5.69 Å². The summed E-state index contributed by atoms with van der Waals surface area (Å²) in [6.07, 6.45) is 3.44. The number of nitrogens with zero attached hydrogens (tertiary/aromatic N) is 5. The lowest BCUT2D eigenvalue weighted by atomic mass is 10.2. The zero-order valence-electron chi connectivity index (χ0n) is 13.3. The molecule has 122 valence electrons. The number of aromatic nitrogens is 4. The Kier molecular flexibility index (Phi) is 4.57. The molecule has 0 unspecified atom stereocenters. The van der Waals surface area contributed by atoms with Gasteiger partial charge in [-0.05, 0) is 36.8 Å². The molecular weight excluding hydrogens is 326 g/mol. The third-order valence-corrected chi connectivity index (χ3v) is 3.75. The van der Waals surface area contributed by atoms with Crippen LogP contribution < -0.4 is 0 Å². The summed E-state index contributed by atoms with van der Waals surface area (Å²) in [4.78, 5) is 19.7. The van der Waals surface area contributed by atoms with Crippen LogP contribution in [0.5, 0.6) is 0 Å². The molecule has 2 aromatic heterocycles. The van der Waals surface area contributed by atoms with Gasteiger partial charge in [0.2, 0.25) is 0 Å². The molecule has 1 amide bonds. The highest BCUT2D eigenvalue weighted by Gasteiger charge is 2.20. The minimum atomic E-state index is -0.190. The molecule has 24 heavy (non-hydrogen) atoms. The fourth-order valence-corrected chi connectivity index (χ4v) is 2.50. The first-order chi connectivity index (χ1) is 11.5. The lowest BCUT2D eigenvalue weighted by molar-refractivity contribution is 0.0778. The van der Waals surface area contributed by atoms with E-state index in [1.165, 1.54) is 4.80 Å². The Hall–Kier alpha value is -2.73. The van der Waals surface area contributed by atoms with Gasteiger partial charge in [-0.3, -0.25) is 9.78 Å². The van der Waals surface area contributed by atoms with E-state index < -0.39 is 0 Å². The molecule has 0 aliphatic rings. The molecule has 0 aliphatic carbocycles. The summed E-state index contributed by atoms with van der Waals surface area (Å²) < 4.78 is 0. The molecule has 0 bridgehead atoms. The first kappa shape index (κ1) is 16.1. The Morgan fingerprint density at radius 2 is 2.08 bits per heavy atom. The van der Waals surface area contributed by atoms with Gasteiger partial charge in [0, 0.05) is 31.0 Å². The molecule has 0 fully saturated rings. The maximum Gasteiger partial charge on any atom is 0.276 e. The fraction of sp³-hybridized carbons (Fsp3) is 0.176. The van der Waals surface area contributed by atoms with Crippen LogP contribution in [0.25, 0.3) is 5.69 Å². The molecule has 3 aromatic rings. The van der Waals surface area contributed by atoms with Crippen LogP contribution in [0.3, 0.4) is 0 Å². The van der Waals surface area contributed by atoms with Gasteiger partial charge in [-0.1, -0.05) is 23.7 Å². The molecule has 0 aliphatic heterocycles. The standard InChI is InChI=1S/C17H16ClN5O/c1-12-16(17(24)22(2)11-13-5-4-8-19-10-13)21-23(20-12)15-7-3-6-14(18)9-15/h3-10H,11H2,1-2H3. The average molecular weight is 342 g/mol. The zero-order chi connectivity index (χ0) is 17.1. The van der Waals surface area contributed by atoms with Gasteiger partial charge in [0.25, 0.3) is 5.91 Å². The highest BCUT2D eigenvalue weighted by atomic mass is 35.5. The van der Waals surface area contributed by atoms with E-state index in [2.05, 4.69) is 15.2 Å². The van der Waals surface area contributed by atoms with Gasteiger partial charge in [0.1, 0.15) is 0 Å². The van der Waals surface area contributed by atoms with Crippen LogP contribution in [0.1, 0.15) is 21.7 Å². The van der Waals surface area contributed by atoms with Crippen molar-refractivity contribution < 1.29 is 4.79 Å². The van der Waals surface area contributed by atoms with E-state index in [1.54, 1.807) is 43.4 Å². The average Bonchev–Trinajstić information content (AvgIpc) is 2.97. The summed E-state index contributed by atoms with van der Waals surface area (Å²) in [5.74, 6) is -0.190. The number of carbonyl (C=O) groups is 1. The van der Waals surface area contributed by atoms with E-state index in [4.69, 9.17) is 11.6 Å². The van der Waals surface area contributed by atoms with E-state index in [0.29, 0.717) is 28.6 Å². The van der Waals surface area contributed by atoms with Crippen LogP contribution >= 0.6 is 11.6 Å². The first-order valence-electron chi connectivity index (χ1n) is 7.39. The molecule has 0 saturated carbocycles. The second kappa shape index (κ2) is 6.80. The minimum absolute atomic E-state index is 0.190. The number of pyridine rings is 1. The van der Waals surface area contributed by atoms with Gasteiger partial charge >= 0.3 is 0 Å². The van der Waals surface area contributed by atoms with Gasteiger partial charge in [-0.2, -0.15) is 9.90 Å². The quantitative estimate of drug-likeness (QED) is 0.732. The molecule has 2 heterocycles. The van der Waals surface area contributed by atoms with Crippen LogP contribution in [0.15, 0.2) is 48.8 Å².